The molecule has 0 saturated heterocycles. The molecule has 0 aliphatic carbocycles. The molecule has 0 fully saturated rings. The number of carbonyl (C=O) groups excluding carboxylic acids is 1. The Bertz CT molecular complexity index is 374. The van der Waals surface area contributed by atoms with Crippen molar-refractivity contribution >= 4 is 18.4 Å². The van der Waals surface area contributed by atoms with Crippen LogP contribution in [0.3, 0.4) is 0 Å². The number of aliphatic imine (C=N–C) groups is 1. The van der Waals surface area contributed by atoms with E-state index in [1.54, 1.807) is 0 Å². The first-order valence-corrected chi connectivity index (χ1v) is 5.07. The van der Waals surface area contributed by atoms with Crippen LogP contribution in [-0.4, -0.2) is 19.3 Å². The second-order valence-corrected chi connectivity index (χ2v) is 3.63. The molecule has 1 unspecified atom stereocenters. The second-order valence-electron chi connectivity index (χ2n) is 3.63. The smallest absolute Gasteiger partial charge is 0.293 e. The molecule has 0 radical (unpaired) electrons. The zero-order valence-electron chi connectivity index (χ0n) is 8.43. The van der Waals surface area contributed by atoms with Crippen molar-refractivity contribution in [1.82, 2.24) is 0 Å². The van der Waals surface area contributed by atoms with Gasteiger partial charge in [0.05, 0.1) is 12.3 Å². The van der Waals surface area contributed by atoms with Gasteiger partial charge in [-0.05, 0) is 24.5 Å². The van der Waals surface area contributed by atoms with Gasteiger partial charge in [0.1, 0.15) is 0 Å². The molecule has 0 aromatic heterocycles. The van der Waals surface area contributed by atoms with E-state index in [1.807, 2.05) is 24.4 Å². The van der Waals surface area contributed by atoms with Gasteiger partial charge in [0.25, 0.3) is 6.47 Å². The third-order valence-electron chi connectivity index (χ3n) is 2.57. The van der Waals surface area contributed by atoms with Gasteiger partial charge in [-0.15, -0.1) is 0 Å². The number of hydrogen-bond acceptors (Lipinski definition) is 3. The molecule has 1 aromatic carbocycles. The molecule has 1 aliphatic heterocycles. The fraction of sp³-hybridized carbons (Fsp3) is 0.333. The topological polar surface area (TPSA) is 38.7 Å². The average Bonchev–Trinajstić information content (AvgIpc) is 2.29. The van der Waals surface area contributed by atoms with E-state index in [4.69, 9.17) is 0 Å². The van der Waals surface area contributed by atoms with Crippen LogP contribution in [-0.2, 0) is 16.0 Å². The van der Waals surface area contributed by atoms with E-state index in [1.165, 1.54) is 5.56 Å². The summed E-state index contributed by atoms with van der Waals surface area (Å²) in [6.07, 6.45) is 3.79. The zero-order chi connectivity index (χ0) is 10.5. The summed E-state index contributed by atoms with van der Waals surface area (Å²) in [5.74, 6) is 0.389. The van der Waals surface area contributed by atoms with E-state index >= 15 is 0 Å². The fourth-order valence-corrected chi connectivity index (χ4v) is 1.77. The van der Waals surface area contributed by atoms with Crippen LogP contribution in [0.25, 0.3) is 0 Å². The van der Waals surface area contributed by atoms with Crippen LogP contribution in [0.4, 0.5) is 5.69 Å². The number of benzene rings is 1. The van der Waals surface area contributed by atoms with Gasteiger partial charge in [-0.1, -0.05) is 18.2 Å². The molecule has 0 saturated carbocycles. The molecule has 78 valence electrons. The van der Waals surface area contributed by atoms with Crippen LogP contribution in [0.15, 0.2) is 29.3 Å². The third kappa shape index (κ3) is 2.43. The van der Waals surface area contributed by atoms with Gasteiger partial charge in [0, 0.05) is 12.1 Å². The predicted molar refractivity (Wildman–Crippen MR) is 58.4 cm³/mol. The first-order valence-electron chi connectivity index (χ1n) is 5.07. The van der Waals surface area contributed by atoms with Crippen molar-refractivity contribution in [3.05, 3.63) is 29.8 Å². The summed E-state index contributed by atoms with van der Waals surface area (Å²) < 4.78 is 4.68. The summed E-state index contributed by atoms with van der Waals surface area (Å²) in [5.41, 5.74) is 2.33. The first-order chi connectivity index (χ1) is 7.40. The predicted octanol–water partition coefficient (Wildman–Crippen LogP) is 2.12. The van der Waals surface area contributed by atoms with Gasteiger partial charge < -0.3 is 4.74 Å². The monoisotopic (exact) mass is 203 g/mol. The highest BCUT2D eigenvalue weighted by atomic mass is 16.5. The Morgan fingerprint density at radius 1 is 1.47 bits per heavy atom. The van der Waals surface area contributed by atoms with Gasteiger partial charge in [0.2, 0.25) is 0 Å². The molecule has 3 nitrogen and oxygen atoms in total. The molecule has 15 heavy (non-hydrogen) atoms. The summed E-state index contributed by atoms with van der Waals surface area (Å²) in [6, 6.07) is 8.13. The highest BCUT2D eigenvalue weighted by Crippen LogP contribution is 2.26. The summed E-state index contributed by atoms with van der Waals surface area (Å²) in [4.78, 5) is 14.4. The number of nitrogens with zero attached hydrogens (tertiary/aromatic N) is 1. The Kier molecular flexibility index (Phi) is 3.12. The quantitative estimate of drug-likeness (QED) is 0.555. The molecule has 3 heteroatoms. The normalized spacial score (nSPS) is 18.3. The summed E-state index contributed by atoms with van der Waals surface area (Å²) in [6.45, 7) is 0.969. The van der Waals surface area contributed by atoms with Crippen LogP contribution in [0.2, 0.25) is 0 Å². The van der Waals surface area contributed by atoms with Crippen molar-refractivity contribution in [3.63, 3.8) is 0 Å². The zero-order valence-corrected chi connectivity index (χ0v) is 8.43. The molecule has 1 aromatic rings. The van der Waals surface area contributed by atoms with Crippen molar-refractivity contribution in [1.29, 1.82) is 0 Å². The first kappa shape index (κ1) is 9.90. The summed E-state index contributed by atoms with van der Waals surface area (Å²) in [7, 11) is 0. The maximum absolute atomic E-state index is 9.99. The number of ether oxygens (including phenoxy) is 1. The Hall–Kier alpha value is -1.64. The molecular weight excluding hydrogens is 190 g/mol. The van der Waals surface area contributed by atoms with Crippen molar-refractivity contribution in [2.45, 2.75) is 12.8 Å². The average molecular weight is 203 g/mol. The van der Waals surface area contributed by atoms with E-state index < -0.39 is 0 Å². The van der Waals surface area contributed by atoms with Gasteiger partial charge in [-0.2, -0.15) is 0 Å². The van der Waals surface area contributed by atoms with Crippen LogP contribution in [0.5, 0.6) is 0 Å². The van der Waals surface area contributed by atoms with Crippen molar-refractivity contribution in [2.24, 2.45) is 10.9 Å². The molecular formula is C12H13NO2. The lowest BCUT2D eigenvalue weighted by Crippen LogP contribution is -2.12. The van der Waals surface area contributed by atoms with Crippen LogP contribution in [0, 0.1) is 5.92 Å². The SMILES string of the molecule is O=COCCC1C=Nc2ccccc2C1. The Morgan fingerprint density at radius 2 is 2.33 bits per heavy atom. The Morgan fingerprint density at radius 3 is 3.20 bits per heavy atom. The number of carbonyl (C=O) groups is 1. The van der Waals surface area contributed by atoms with Gasteiger partial charge in [-0.3, -0.25) is 9.79 Å². The molecule has 1 atom stereocenters. The Balaban J connectivity index is 1.97. The van der Waals surface area contributed by atoms with Crippen molar-refractivity contribution in [2.75, 3.05) is 6.61 Å². The largest absolute Gasteiger partial charge is 0.468 e. The minimum atomic E-state index is 0.389. The molecule has 0 N–H and O–H groups in total. The number of rotatable bonds is 4. The molecule has 1 heterocycles. The lowest BCUT2D eigenvalue weighted by Gasteiger charge is -2.17. The number of para-hydroxylation sites is 1. The van der Waals surface area contributed by atoms with E-state index in [2.05, 4.69) is 15.8 Å². The van der Waals surface area contributed by atoms with Gasteiger partial charge in [-0.25, -0.2) is 0 Å². The minimum Gasteiger partial charge on any atom is -0.468 e. The lowest BCUT2D eigenvalue weighted by atomic mass is 9.94. The van der Waals surface area contributed by atoms with E-state index in [0.717, 1.165) is 18.5 Å². The number of fused-ring (bicyclic) bond motifs is 1. The van der Waals surface area contributed by atoms with Crippen LogP contribution < -0.4 is 0 Å². The van der Waals surface area contributed by atoms with E-state index in [-0.39, 0.29) is 0 Å². The van der Waals surface area contributed by atoms with E-state index in [0.29, 0.717) is 19.0 Å². The number of hydrogen-bond donors (Lipinski definition) is 0. The highest BCUT2D eigenvalue weighted by Gasteiger charge is 2.14. The van der Waals surface area contributed by atoms with Crippen molar-refractivity contribution in [3.8, 4) is 0 Å². The van der Waals surface area contributed by atoms with Gasteiger partial charge >= 0.3 is 0 Å². The fourth-order valence-electron chi connectivity index (χ4n) is 1.77. The molecule has 0 spiro atoms. The molecule has 2 rings (SSSR count). The maximum atomic E-state index is 9.99. The second kappa shape index (κ2) is 4.73. The molecule has 0 bridgehead atoms. The maximum Gasteiger partial charge on any atom is 0.293 e. The minimum absolute atomic E-state index is 0.389. The molecule has 1 aliphatic rings. The summed E-state index contributed by atoms with van der Waals surface area (Å²) >= 11 is 0. The third-order valence-corrected chi connectivity index (χ3v) is 2.57. The van der Waals surface area contributed by atoms with Crippen molar-refractivity contribution < 1.29 is 9.53 Å². The Labute approximate surface area is 88.8 Å². The van der Waals surface area contributed by atoms with Crippen LogP contribution in [0.1, 0.15) is 12.0 Å². The molecule has 0 amide bonds. The highest BCUT2D eigenvalue weighted by molar-refractivity contribution is 5.71. The van der Waals surface area contributed by atoms with E-state index in [9.17, 15) is 4.79 Å². The van der Waals surface area contributed by atoms with Gasteiger partial charge in [0.15, 0.2) is 0 Å². The standard InChI is InChI=1S/C12H13NO2/c14-9-15-6-5-10-7-11-3-1-2-4-12(11)13-8-10/h1-4,8-10H,5-7H2. The summed E-state index contributed by atoms with van der Waals surface area (Å²) in [5, 5.41) is 0. The lowest BCUT2D eigenvalue weighted by molar-refractivity contribution is -0.128. The van der Waals surface area contributed by atoms with Crippen LogP contribution >= 0.6 is 0 Å².